The van der Waals surface area contributed by atoms with Gasteiger partial charge < -0.3 is 10.2 Å². The van der Waals surface area contributed by atoms with E-state index >= 15 is 0 Å². The number of nitrogens with zero attached hydrogens (tertiary/aromatic N) is 1. The normalized spacial score (nSPS) is 27.1. The lowest BCUT2D eigenvalue weighted by atomic mass is 9.82. The summed E-state index contributed by atoms with van der Waals surface area (Å²) in [5, 5.41) is 2.74. The molecule has 4 nitrogen and oxygen atoms in total. The molecule has 2 rings (SSSR count). The van der Waals surface area contributed by atoms with E-state index < -0.39 is 0 Å². The second-order valence-corrected chi connectivity index (χ2v) is 6.93. The summed E-state index contributed by atoms with van der Waals surface area (Å²) in [6, 6.07) is -0.0675. The van der Waals surface area contributed by atoms with E-state index in [2.05, 4.69) is 5.32 Å². The molecule has 2 aliphatic rings. The van der Waals surface area contributed by atoms with Gasteiger partial charge in [0.2, 0.25) is 11.8 Å². The smallest absolute Gasteiger partial charge is 0.243 e. The first-order valence-electron chi connectivity index (χ1n) is 7.50. The van der Waals surface area contributed by atoms with Gasteiger partial charge in [-0.1, -0.05) is 46.5 Å². The summed E-state index contributed by atoms with van der Waals surface area (Å²) in [5.74, 6) is 0.0998. The van der Waals surface area contributed by atoms with E-state index in [1.54, 1.807) is 0 Å². The standard InChI is InChI=1S/C15H26N2O2/c1-15(2,3)13-14(19)16-10-12(18)17(13)11-8-6-4-5-7-9-11/h11,13H,4-10H2,1-3H3,(H,16,19). The van der Waals surface area contributed by atoms with Crippen LogP contribution in [0.5, 0.6) is 0 Å². The number of carbonyl (C=O) groups is 2. The maximum Gasteiger partial charge on any atom is 0.243 e. The van der Waals surface area contributed by atoms with Crippen molar-refractivity contribution in [3.05, 3.63) is 0 Å². The van der Waals surface area contributed by atoms with Crippen LogP contribution in [0.4, 0.5) is 0 Å². The van der Waals surface area contributed by atoms with Gasteiger partial charge in [0.15, 0.2) is 0 Å². The van der Waals surface area contributed by atoms with Crippen molar-refractivity contribution in [3.8, 4) is 0 Å². The molecule has 0 spiro atoms. The first-order chi connectivity index (χ1) is 8.91. The zero-order chi connectivity index (χ0) is 14.0. The van der Waals surface area contributed by atoms with Gasteiger partial charge in [0.25, 0.3) is 0 Å². The number of nitrogens with one attached hydrogen (secondary N) is 1. The average Bonchev–Trinajstić information content (AvgIpc) is 2.58. The molecule has 0 aromatic carbocycles. The second-order valence-electron chi connectivity index (χ2n) is 6.93. The topological polar surface area (TPSA) is 49.4 Å². The van der Waals surface area contributed by atoms with Crippen LogP contribution in [0.25, 0.3) is 0 Å². The minimum atomic E-state index is -0.322. The van der Waals surface area contributed by atoms with Crippen LogP contribution in [-0.2, 0) is 9.59 Å². The van der Waals surface area contributed by atoms with Gasteiger partial charge in [-0.15, -0.1) is 0 Å². The number of rotatable bonds is 1. The van der Waals surface area contributed by atoms with Crippen molar-refractivity contribution in [2.24, 2.45) is 5.41 Å². The van der Waals surface area contributed by atoms with E-state index in [9.17, 15) is 9.59 Å². The Hall–Kier alpha value is -1.06. The highest BCUT2D eigenvalue weighted by molar-refractivity contribution is 5.95. The van der Waals surface area contributed by atoms with Crippen molar-refractivity contribution in [2.75, 3.05) is 6.54 Å². The van der Waals surface area contributed by atoms with Crippen LogP contribution in [0, 0.1) is 5.41 Å². The molecule has 1 aliphatic carbocycles. The molecule has 19 heavy (non-hydrogen) atoms. The van der Waals surface area contributed by atoms with Gasteiger partial charge in [-0.3, -0.25) is 9.59 Å². The Morgan fingerprint density at radius 2 is 1.63 bits per heavy atom. The highest BCUT2D eigenvalue weighted by atomic mass is 16.2. The highest BCUT2D eigenvalue weighted by Crippen LogP contribution is 2.32. The highest BCUT2D eigenvalue weighted by Gasteiger charge is 2.44. The predicted molar refractivity (Wildman–Crippen MR) is 74.6 cm³/mol. The Kier molecular flexibility index (Phi) is 4.16. The number of amides is 2. The van der Waals surface area contributed by atoms with Crippen LogP contribution in [0.2, 0.25) is 0 Å². The summed E-state index contributed by atoms with van der Waals surface area (Å²) in [4.78, 5) is 26.4. The van der Waals surface area contributed by atoms with Crippen LogP contribution in [0.1, 0.15) is 59.3 Å². The van der Waals surface area contributed by atoms with Crippen LogP contribution < -0.4 is 5.32 Å². The van der Waals surface area contributed by atoms with Crippen molar-refractivity contribution >= 4 is 11.8 Å². The van der Waals surface area contributed by atoms with Gasteiger partial charge >= 0.3 is 0 Å². The van der Waals surface area contributed by atoms with Gasteiger partial charge in [0.05, 0.1) is 6.54 Å². The summed E-state index contributed by atoms with van der Waals surface area (Å²) in [5.41, 5.74) is -0.216. The van der Waals surface area contributed by atoms with Crippen molar-refractivity contribution in [3.63, 3.8) is 0 Å². The monoisotopic (exact) mass is 266 g/mol. The van der Waals surface area contributed by atoms with Crippen molar-refractivity contribution in [1.82, 2.24) is 10.2 Å². The fraction of sp³-hybridized carbons (Fsp3) is 0.867. The van der Waals surface area contributed by atoms with Crippen LogP contribution in [0.15, 0.2) is 0 Å². The molecule has 1 unspecified atom stereocenters. The SMILES string of the molecule is CC(C)(C)C1C(=O)NCC(=O)N1C1CCCCCC1. The van der Waals surface area contributed by atoms with Crippen molar-refractivity contribution in [1.29, 1.82) is 0 Å². The van der Waals surface area contributed by atoms with Gasteiger partial charge in [-0.2, -0.15) is 0 Å². The van der Waals surface area contributed by atoms with Gasteiger partial charge in [-0.05, 0) is 18.3 Å². The first-order valence-corrected chi connectivity index (χ1v) is 7.50. The molecule has 1 saturated heterocycles. The molecule has 1 heterocycles. The zero-order valence-corrected chi connectivity index (χ0v) is 12.4. The third-order valence-corrected chi connectivity index (χ3v) is 4.27. The lowest BCUT2D eigenvalue weighted by Gasteiger charge is -2.46. The van der Waals surface area contributed by atoms with Crippen LogP contribution in [0.3, 0.4) is 0 Å². The number of carbonyl (C=O) groups excluding carboxylic acids is 2. The molecule has 1 N–H and O–H groups in total. The van der Waals surface area contributed by atoms with E-state index in [1.165, 1.54) is 25.7 Å². The Balaban J connectivity index is 2.25. The van der Waals surface area contributed by atoms with Gasteiger partial charge in [0, 0.05) is 6.04 Å². The molecular weight excluding hydrogens is 240 g/mol. The summed E-state index contributed by atoms with van der Waals surface area (Å²) < 4.78 is 0. The van der Waals surface area contributed by atoms with E-state index in [0.717, 1.165) is 12.8 Å². The first kappa shape index (κ1) is 14.4. The fourth-order valence-corrected chi connectivity index (χ4v) is 3.38. The van der Waals surface area contributed by atoms with Gasteiger partial charge in [0.1, 0.15) is 6.04 Å². The van der Waals surface area contributed by atoms with Crippen molar-refractivity contribution in [2.45, 2.75) is 71.4 Å². The maximum atomic E-state index is 12.3. The second kappa shape index (κ2) is 5.51. The van der Waals surface area contributed by atoms with Crippen molar-refractivity contribution < 1.29 is 9.59 Å². The minimum Gasteiger partial charge on any atom is -0.345 e. The largest absolute Gasteiger partial charge is 0.345 e. The Morgan fingerprint density at radius 3 is 2.16 bits per heavy atom. The molecule has 0 bridgehead atoms. The molecule has 1 atom stereocenters. The molecule has 4 heteroatoms. The molecule has 108 valence electrons. The van der Waals surface area contributed by atoms with Crippen LogP contribution in [-0.4, -0.2) is 35.3 Å². The van der Waals surface area contributed by atoms with E-state index in [0.29, 0.717) is 0 Å². The summed E-state index contributed by atoms with van der Waals surface area (Å²) in [6.07, 6.45) is 6.95. The van der Waals surface area contributed by atoms with E-state index in [1.807, 2.05) is 25.7 Å². The average molecular weight is 266 g/mol. The summed E-state index contributed by atoms with van der Waals surface area (Å²) >= 11 is 0. The summed E-state index contributed by atoms with van der Waals surface area (Å²) in [6.45, 7) is 6.29. The fourth-order valence-electron chi connectivity index (χ4n) is 3.38. The quantitative estimate of drug-likeness (QED) is 0.739. The van der Waals surface area contributed by atoms with E-state index in [-0.39, 0.29) is 35.9 Å². The zero-order valence-electron chi connectivity index (χ0n) is 12.4. The molecule has 0 aromatic rings. The Morgan fingerprint density at radius 1 is 1.05 bits per heavy atom. The Bertz CT molecular complexity index is 352. The number of hydrogen-bond donors (Lipinski definition) is 1. The summed E-state index contributed by atoms with van der Waals surface area (Å²) in [7, 11) is 0. The molecule has 0 radical (unpaired) electrons. The molecule has 1 saturated carbocycles. The number of hydrogen-bond acceptors (Lipinski definition) is 2. The minimum absolute atomic E-state index is 0.0105. The third kappa shape index (κ3) is 3.10. The lowest BCUT2D eigenvalue weighted by Crippen LogP contribution is -2.65. The lowest BCUT2D eigenvalue weighted by molar-refractivity contribution is -0.153. The molecule has 0 aromatic heterocycles. The van der Waals surface area contributed by atoms with Crippen LogP contribution >= 0.6 is 0 Å². The molecule has 2 amide bonds. The molecular formula is C15H26N2O2. The van der Waals surface area contributed by atoms with E-state index in [4.69, 9.17) is 0 Å². The number of piperazine rings is 1. The van der Waals surface area contributed by atoms with Gasteiger partial charge in [-0.25, -0.2) is 0 Å². The molecule has 1 aliphatic heterocycles. The predicted octanol–water partition coefficient (Wildman–Crippen LogP) is 2.08. The maximum absolute atomic E-state index is 12.3. The third-order valence-electron chi connectivity index (χ3n) is 4.27. The molecule has 2 fully saturated rings. The Labute approximate surface area is 115 Å².